The first kappa shape index (κ1) is 12.5. The zero-order valence-corrected chi connectivity index (χ0v) is 11.2. The van der Waals surface area contributed by atoms with Crippen LogP contribution in [0.2, 0.25) is 0 Å². The molecule has 20 heavy (non-hydrogen) atoms. The first-order valence-electron chi connectivity index (χ1n) is 6.51. The minimum atomic E-state index is 0.571. The number of aromatic nitrogens is 1. The molecule has 1 heterocycles. The molecule has 0 radical (unpaired) electrons. The van der Waals surface area contributed by atoms with Gasteiger partial charge < -0.3 is 0 Å². The maximum absolute atomic E-state index is 12.5. The van der Waals surface area contributed by atoms with Crippen LogP contribution < -0.4 is 0 Å². The van der Waals surface area contributed by atoms with Crippen molar-refractivity contribution in [2.75, 3.05) is 0 Å². The predicted molar refractivity (Wildman–Crippen MR) is 82.1 cm³/mol. The molecule has 0 aliphatic carbocycles. The molecule has 1 aromatic heterocycles. The van der Waals surface area contributed by atoms with Crippen LogP contribution in [0.4, 0.5) is 4.39 Å². The van der Waals surface area contributed by atoms with Crippen molar-refractivity contribution in [3.8, 4) is 11.3 Å². The Labute approximate surface area is 117 Å². The summed E-state index contributed by atoms with van der Waals surface area (Å²) >= 11 is 0. The van der Waals surface area contributed by atoms with Crippen LogP contribution in [0.5, 0.6) is 0 Å². The van der Waals surface area contributed by atoms with Crippen molar-refractivity contribution in [2.45, 2.75) is 6.92 Å². The van der Waals surface area contributed by atoms with E-state index >= 15 is 0 Å². The van der Waals surface area contributed by atoms with E-state index in [4.69, 9.17) is 0 Å². The van der Waals surface area contributed by atoms with Gasteiger partial charge in [0.2, 0.25) is 0 Å². The average molecular weight is 263 g/mol. The summed E-state index contributed by atoms with van der Waals surface area (Å²) in [6, 6.07) is 16.0. The van der Waals surface area contributed by atoms with Crippen LogP contribution >= 0.6 is 0 Å². The van der Waals surface area contributed by atoms with Crippen LogP contribution in [0.3, 0.4) is 0 Å². The van der Waals surface area contributed by atoms with Gasteiger partial charge in [0.25, 0.3) is 0 Å². The summed E-state index contributed by atoms with van der Waals surface area (Å²) in [4.78, 5) is 4.50. The van der Waals surface area contributed by atoms with Crippen LogP contribution in [-0.4, -0.2) is 4.98 Å². The minimum absolute atomic E-state index is 0.571. The summed E-state index contributed by atoms with van der Waals surface area (Å²) in [6.07, 6.45) is 3.82. The number of aryl methyl sites for hydroxylation is 1. The predicted octanol–water partition coefficient (Wildman–Crippen LogP) is 5.15. The molecule has 0 fully saturated rings. The molecule has 0 N–H and O–H groups in total. The van der Waals surface area contributed by atoms with Crippen LogP contribution in [0.1, 0.15) is 11.1 Å². The van der Waals surface area contributed by atoms with E-state index in [1.165, 1.54) is 11.6 Å². The Hall–Kier alpha value is -2.48. The zero-order valence-electron chi connectivity index (χ0n) is 11.2. The standard InChI is InChI=1S/C18H14FN/c1-13-4-2-6-15(12-13)18-17-7-3-5-14(8-10-19)16(17)9-11-20-18/h2-12H,1H3/b10-8+. The first-order valence-corrected chi connectivity index (χ1v) is 6.51. The van der Waals surface area contributed by atoms with E-state index in [9.17, 15) is 4.39 Å². The van der Waals surface area contributed by atoms with Gasteiger partial charge in [0, 0.05) is 17.1 Å². The summed E-state index contributed by atoms with van der Waals surface area (Å²) in [6.45, 7) is 2.06. The van der Waals surface area contributed by atoms with Gasteiger partial charge in [-0.25, -0.2) is 4.39 Å². The Kier molecular flexibility index (Phi) is 3.30. The van der Waals surface area contributed by atoms with E-state index in [0.29, 0.717) is 6.33 Å². The zero-order chi connectivity index (χ0) is 13.9. The van der Waals surface area contributed by atoms with Gasteiger partial charge in [-0.05, 0) is 36.1 Å². The molecule has 2 aromatic carbocycles. The normalized spacial score (nSPS) is 11.3. The van der Waals surface area contributed by atoms with E-state index < -0.39 is 0 Å². The summed E-state index contributed by atoms with van der Waals surface area (Å²) in [5.41, 5.74) is 4.07. The third-order valence-corrected chi connectivity index (χ3v) is 3.37. The lowest BCUT2D eigenvalue weighted by Gasteiger charge is -2.08. The third-order valence-electron chi connectivity index (χ3n) is 3.37. The smallest absolute Gasteiger partial charge is 0.0873 e. The van der Waals surface area contributed by atoms with E-state index in [1.54, 1.807) is 6.20 Å². The highest BCUT2D eigenvalue weighted by molar-refractivity contribution is 5.98. The Balaban J connectivity index is 2.30. The largest absolute Gasteiger partial charge is 0.256 e. The average Bonchev–Trinajstić information content (AvgIpc) is 2.47. The second kappa shape index (κ2) is 5.25. The summed E-state index contributed by atoms with van der Waals surface area (Å²) < 4.78 is 12.5. The molecule has 1 nitrogen and oxygen atoms in total. The number of halogens is 1. The molecule has 2 heteroatoms. The Morgan fingerprint density at radius 1 is 1.00 bits per heavy atom. The lowest BCUT2D eigenvalue weighted by atomic mass is 9.99. The fourth-order valence-electron chi connectivity index (χ4n) is 2.47. The SMILES string of the molecule is Cc1cccc(-c2nccc3c(/C=C/F)cccc23)c1. The Bertz CT molecular complexity index is 790. The van der Waals surface area contributed by atoms with Crippen molar-refractivity contribution in [3.63, 3.8) is 0 Å². The number of fused-ring (bicyclic) bond motifs is 1. The van der Waals surface area contributed by atoms with Gasteiger partial charge in [-0.3, -0.25) is 4.98 Å². The molecule has 3 aromatic rings. The topological polar surface area (TPSA) is 12.9 Å². The van der Waals surface area contributed by atoms with Gasteiger partial charge in [-0.15, -0.1) is 0 Å². The molecular formula is C18H14FN. The first-order chi connectivity index (χ1) is 9.79. The molecule has 0 saturated carbocycles. The van der Waals surface area contributed by atoms with E-state index in [0.717, 1.165) is 27.6 Å². The number of pyridine rings is 1. The summed E-state index contributed by atoms with van der Waals surface area (Å²) in [5, 5.41) is 2.04. The van der Waals surface area contributed by atoms with Gasteiger partial charge >= 0.3 is 0 Å². The van der Waals surface area contributed by atoms with Gasteiger partial charge in [-0.2, -0.15) is 0 Å². The lowest BCUT2D eigenvalue weighted by molar-refractivity contribution is 0.727. The van der Waals surface area contributed by atoms with Crippen molar-refractivity contribution in [1.82, 2.24) is 4.98 Å². The number of hydrogen-bond acceptors (Lipinski definition) is 1. The molecule has 3 rings (SSSR count). The van der Waals surface area contributed by atoms with Gasteiger partial charge in [-0.1, -0.05) is 42.0 Å². The quantitative estimate of drug-likeness (QED) is 0.623. The number of hydrogen-bond donors (Lipinski definition) is 0. The molecule has 0 saturated heterocycles. The Morgan fingerprint density at radius 3 is 2.65 bits per heavy atom. The molecule has 0 atom stereocenters. The van der Waals surface area contributed by atoms with Crippen molar-refractivity contribution in [2.24, 2.45) is 0 Å². The van der Waals surface area contributed by atoms with Gasteiger partial charge in [0.1, 0.15) is 0 Å². The number of rotatable bonds is 2. The minimum Gasteiger partial charge on any atom is -0.256 e. The fourth-order valence-corrected chi connectivity index (χ4v) is 2.47. The third kappa shape index (κ3) is 2.21. The number of benzene rings is 2. The van der Waals surface area contributed by atoms with Crippen LogP contribution in [0.25, 0.3) is 28.1 Å². The molecule has 0 amide bonds. The van der Waals surface area contributed by atoms with E-state index in [1.807, 2.05) is 36.4 Å². The maximum Gasteiger partial charge on any atom is 0.0873 e. The highest BCUT2D eigenvalue weighted by Crippen LogP contribution is 2.29. The highest BCUT2D eigenvalue weighted by Gasteiger charge is 2.07. The number of nitrogens with zero attached hydrogens (tertiary/aromatic N) is 1. The second-order valence-electron chi connectivity index (χ2n) is 4.76. The summed E-state index contributed by atoms with van der Waals surface area (Å²) in [5.74, 6) is 0. The summed E-state index contributed by atoms with van der Waals surface area (Å²) in [7, 11) is 0. The van der Waals surface area contributed by atoms with Crippen LogP contribution in [0, 0.1) is 6.92 Å². The van der Waals surface area contributed by atoms with Crippen molar-refractivity contribution >= 4 is 16.8 Å². The lowest BCUT2D eigenvalue weighted by Crippen LogP contribution is -1.88. The maximum atomic E-state index is 12.5. The van der Waals surface area contributed by atoms with Crippen molar-refractivity contribution < 1.29 is 4.39 Å². The molecule has 98 valence electrons. The van der Waals surface area contributed by atoms with E-state index in [-0.39, 0.29) is 0 Å². The Morgan fingerprint density at radius 2 is 1.85 bits per heavy atom. The van der Waals surface area contributed by atoms with Gasteiger partial charge in [0.15, 0.2) is 0 Å². The fraction of sp³-hybridized carbons (Fsp3) is 0.0556. The molecule has 0 aliphatic heterocycles. The molecule has 0 bridgehead atoms. The van der Waals surface area contributed by atoms with Gasteiger partial charge in [0.05, 0.1) is 12.0 Å². The second-order valence-corrected chi connectivity index (χ2v) is 4.76. The van der Waals surface area contributed by atoms with Crippen molar-refractivity contribution in [3.05, 3.63) is 72.2 Å². The van der Waals surface area contributed by atoms with Crippen molar-refractivity contribution in [1.29, 1.82) is 0 Å². The van der Waals surface area contributed by atoms with Crippen LogP contribution in [-0.2, 0) is 0 Å². The van der Waals surface area contributed by atoms with Crippen LogP contribution in [0.15, 0.2) is 61.1 Å². The monoisotopic (exact) mass is 263 g/mol. The molecular weight excluding hydrogens is 249 g/mol. The molecule has 0 unspecified atom stereocenters. The van der Waals surface area contributed by atoms with E-state index in [2.05, 4.69) is 24.0 Å². The molecule has 0 spiro atoms. The highest BCUT2D eigenvalue weighted by atomic mass is 19.1. The molecule has 0 aliphatic rings.